The Bertz CT molecular complexity index is 272. The highest BCUT2D eigenvalue weighted by Gasteiger charge is 2.27. The molecule has 0 spiro atoms. The van der Waals surface area contributed by atoms with Crippen LogP contribution in [-0.2, 0) is 14.3 Å². The molecule has 1 rings (SSSR count). The molecule has 1 amide bonds. The van der Waals surface area contributed by atoms with Crippen LogP contribution < -0.4 is 0 Å². The molecule has 0 radical (unpaired) electrons. The molecule has 1 atom stereocenters. The smallest absolute Gasteiger partial charge is 0.308 e. The topological polar surface area (TPSA) is 66.8 Å². The van der Waals surface area contributed by atoms with E-state index in [0.29, 0.717) is 31.9 Å². The summed E-state index contributed by atoms with van der Waals surface area (Å²) in [5.74, 6) is 0.0528. The summed E-state index contributed by atoms with van der Waals surface area (Å²) < 4.78 is 4.89. The van der Waals surface area contributed by atoms with Crippen LogP contribution in [0.4, 0.5) is 0 Å². The molecule has 1 aliphatic rings. The number of thioether (sulfide) groups is 1. The van der Waals surface area contributed by atoms with Crippen LogP contribution in [0.2, 0.25) is 0 Å². The van der Waals surface area contributed by atoms with Crippen molar-refractivity contribution in [3.63, 3.8) is 0 Å². The first-order valence-corrected chi connectivity index (χ1v) is 6.88. The fourth-order valence-corrected chi connectivity index (χ4v) is 2.58. The fraction of sp³-hybridized carbons (Fsp3) is 0.818. The summed E-state index contributed by atoms with van der Waals surface area (Å²) in [7, 11) is 1.63. The number of carboxylic acid groups (broad SMARTS) is 1. The lowest BCUT2D eigenvalue weighted by molar-refractivity contribution is -0.145. The number of rotatable bonds is 6. The lowest BCUT2D eigenvalue weighted by atomic mass is 9.98. The van der Waals surface area contributed by atoms with Crippen LogP contribution in [0.1, 0.15) is 12.8 Å². The number of amides is 1. The highest BCUT2D eigenvalue weighted by atomic mass is 32.2. The summed E-state index contributed by atoms with van der Waals surface area (Å²) >= 11 is 1.53. The summed E-state index contributed by atoms with van der Waals surface area (Å²) in [6, 6.07) is 0. The molecule has 17 heavy (non-hydrogen) atoms. The number of hydrogen-bond donors (Lipinski definition) is 1. The molecule has 0 aromatic rings. The van der Waals surface area contributed by atoms with Crippen LogP contribution in [0.5, 0.6) is 0 Å². The van der Waals surface area contributed by atoms with Gasteiger partial charge >= 0.3 is 5.97 Å². The van der Waals surface area contributed by atoms with E-state index in [1.807, 2.05) is 0 Å². The van der Waals surface area contributed by atoms with Crippen LogP contribution >= 0.6 is 11.8 Å². The predicted octanol–water partition coefficient (Wildman–Crippen LogP) is 0.689. The summed E-state index contributed by atoms with van der Waals surface area (Å²) in [4.78, 5) is 24.3. The van der Waals surface area contributed by atoms with E-state index in [-0.39, 0.29) is 5.91 Å². The average Bonchev–Trinajstić information content (AvgIpc) is 2.34. The molecule has 1 heterocycles. The summed E-state index contributed by atoms with van der Waals surface area (Å²) in [6.07, 6.45) is 1.46. The molecule has 0 unspecified atom stereocenters. The lowest BCUT2D eigenvalue weighted by Crippen LogP contribution is -2.43. The van der Waals surface area contributed by atoms with E-state index < -0.39 is 11.9 Å². The van der Waals surface area contributed by atoms with Gasteiger partial charge in [-0.2, -0.15) is 0 Å². The van der Waals surface area contributed by atoms with Crippen LogP contribution in [-0.4, -0.2) is 60.2 Å². The second-order valence-corrected chi connectivity index (χ2v) is 5.17. The molecule has 1 N–H and O–H groups in total. The fourth-order valence-electron chi connectivity index (χ4n) is 1.80. The second-order valence-electron chi connectivity index (χ2n) is 4.06. The largest absolute Gasteiger partial charge is 0.481 e. The Morgan fingerprint density at radius 3 is 2.94 bits per heavy atom. The number of aliphatic carboxylic acids is 1. The molecule has 0 aromatic heterocycles. The Labute approximate surface area is 105 Å². The van der Waals surface area contributed by atoms with Crippen LogP contribution in [0, 0.1) is 5.92 Å². The molecule has 5 nitrogen and oxygen atoms in total. The average molecular weight is 261 g/mol. The van der Waals surface area contributed by atoms with Crippen molar-refractivity contribution in [3.05, 3.63) is 0 Å². The van der Waals surface area contributed by atoms with Crippen LogP contribution in [0.3, 0.4) is 0 Å². The second kappa shape index (κ2) is 7.55. The van der Waals surface area contributed by atoms with Gasteiger partial charge in [0.25, 0.3) is 0 Å². The van der Waals surface area contributed by atoms with Crippen molar-refractivity contribution in [2.75, 3.05) is 38.3 Å². The van der Waals surface area contributed by atoms with E-state index in [0.717, 1.165) is 12.2 Å². The van der Waals surface area contributed by atoms with Gasteiger partial charge in [-0.25, -0.2) is 0 Å². The standard InChI is InChI=1S/C11H19NO4S/c1-16-5-6-17-8-10(13)12-4-2-3-9(7-12)11(14)15/h9H,2-8H2,1H3,(H,14,15)/t9-/m0/s1. The zero-order chi connectivity index (χ0) is 12.7. The van der Waals surface area contributed by atoms with Crippen LogP contribution in [0.15, 0.2) is 0 Å². The van der Waals surface area contributed by atoms with Crippen LogP contribution in [0.25, 0.3) is 0 Å². The Morgan fingerprint density at radius 2 is 2.29 bits per heavy atom. The van der Waals surface area contributed by atoms with E-state index in [9.17, 15) is 9.59 Å². The van der Waals surface area contributed by atoms with Crippen molar-refractivity contribution in [3.8, 4) is 0 Å². The van der Waals surface area contributed by atoms with Gasteiger partial charge < -0.3 is 14.7 Å². The van der Waals surface area contributed by atoms with Crippen molar-refractivity contribution in [1.82, 2.24) is 4.90 Å². The molecule has 6 heteroatoms. The zero-order valence-corrected chi connectivity index (χ0v) is 10.9. The highest BCUT2D eigenvalue weighted by molar-refractivity contribution is 7.99. The molecule has 0 saturated carbocycles. The van der Waals surface area contributed by atoms with E-state index in [1.54, 1.807) is 12.0 Å². The third kappa shape index (κ3) is 4.95. The van der Waals surface area contributed by atoms with Gasteiger partial charge in [0.1, 0.15) is 0 Å². The third-order valence-corrected chi connectivity index (χ3v) is 3.69. The summed E-state index contributed by atoms with van der Waals surface area (Å²) in [5, 5.41) is 8.92. The molecular formula is C11H19NO4S. The number of hydrogen-bond acceptors (Lipinski definition) is 4. The predicted molar refractivity (Wildman–Crippen MR) is 66.1 cm³/mol. The van der Waals surface area contributed by atoms with Gasteiger partial charge in [-0.1, -0.05) is 0 Å². The monoisotopic (exact) mass is 261 g/mol. The number of likely N-dealkylation sites (tertiary alicyclic amines) is 1. The van der Waals surface area contributed by atoms with Crippen molar-refractivity contribution in [2.24, 2.45) is 5.92 Å². The summed E-state index contributed by atoms with van der Waals surface area (Å²) in [5.41, 5.74) is 0. The number of carbonyl (C=O) groups excluding carboxylic acids is 1. The SMILES string of the molecule is COCCSCC(=O)N1CCC[C@H](C(=O)O)C1. The molecule has 0 aromatic carbocycles. The first kappa shape index (κ1) is 14.3. The first-order valence-electron chi connectivity index (χ1n) is 5.72. The van der Waals surface area contributed by atoms with E-state index in [1.165, 1.54) is 11.8 Å². The van der Waals surface area contributed by atoms with E-state index in [4.69, 9.17) is 9.84 Å². The Hall–Kier alpha value is -0.750. The number of ether oxygens (including phenoxy) is 1. The maximum absolute atomic E-state index is 11.8. The van der Waals surface area contributed by atoms with Crippen molar-refractivity contribution < 1.29 is 19.4 Å². The van der Waals surface area contributed by atoms with Crippen molar-refractivity contribution in [2.45, 2.75) is 12.8 Å². The molecule has 98 valence electrons. The van der Waals surface area contributed by atoms with Gasteiger partial charge in [0, 0.05) is 26.0 Å². The molecule has 0 aliphatic carbocycles. The van der Waals surface area contributed by atoms with Gasteiger partial charge in [-0.15, -0.1) is 11.8 Å². The van der Waals surface area contributed by atoms with E-state index in [2.05, 4.69) is 0 Å². The molecular weight excluding hydrogens is 242 g/mol. The Balaban J connectivity index is 2.28. The van der Waals surface area contributed by atoms with E-state index >= 15 is 0 Å². The third-order valence-electron chi connectivity index (χ3n) is 2.78. The molecule has 0 bridgehead atoms. The zero-order valence-electron chi connectivity index (χ0n) is 10.1. The Morgan fingerprint density at radius 1 is 1.53 bits per heavy atom. The number of carbonyl (C=O) groups is 2. The normalized spacial score (nSPS) is 20.3. The lowest BCUT2D eigenvalue weighted by Gasteiger charge is -2.30. The van der Waals surface area contributed by atoms with Crippen molar-refractivity contribution in [1.29, 1.82) is 0 Å². The minimum atomic E-state index is -0.797. The van der Waals surface area contributed by atoms with Gasteiger partial charge in [0.2, 0.25) is 5.91 Å². The summed E-state index contributed by atoms with van der Waals surface area (Å²) in [6.45, 7) is 1.68. The molecule has 1 fully saturated rings. The van der Waals surface area contributed by atoms with Gasteiger partial charge in [-0.05, 0) is 12.8 Å². The maximum Gasteiger partial charge on any atom is 0.308 e. The Kier molecular flexibility index (Phi) is 6.36. The number of piperidine rings is 1. The van der Waals surface area contributed by atoms with Gasteiger partial charge in [0.15, 0.2) is 0 Å². The molecule has 1 saturated heterocycles. The van der Waals surface area contributed by atoms with Gasteiger partial charge in [0.05, 0.1) is 18.3 Å². The quantitative estimate of drug-likeness (QED) is 0.713. The number of carboxylic acids is 1. The molecule has 1 aliphatic heterocycles. The maximum atomic E-state index is 11.8. The minimum absolute atomic E-state index is 0.0389. The highest BCUT2D eigenvalue weighted by Crippen LogP contribution is 2.17. The van der Waals surface area contributed by atoms with Crippen molar-refractivity contribution >= 4 is 23.6 Å². The van der Waals surface area contributed by atoms with Gasteiger partial charge in [-0.3, -0.25) is 9.59 Å². The number of methoxy groups -OCH3 is 1. The number of nitrogens with zero attached hydrogens (tertiary/aromatic N) is 1. The first-order chi connectivity index (χ1) is 8.15. The minimum Gasteiger partial charge on any atom is -0.481 e.